The maximum atomic E-state index is 12.1. The van der Waals surface area contributed by atoms with Gasteiger partial charge >= 0.3 is 0 Å². The van der Waals surface area contributed by atoms with E-state index < -0.39 is 5.91 Å². The molecule has 0 aliphatic carbocycles. The van der Waals surface area contributed by atoms with E-state index in [0.29, 0.717) is 5.65 Å². The molecule has 7 nitrogen and oxygen atoms in total. The molecule has 3 aromatic heterocycles. The van der Waals surface area contributed by atoms with Crippen LogP contribution < -0.4 is 5.32 Å². The number of aromatic nitrogens is 4. The number of aromatic amines is 1. The summed E-state index contributed by atoms with van der Waals surface area (Å²) in [4.78, 5) is 22.9. The van der Waals surface area contributed by atoms with Gasteiger partial charge in [0.25, 0.3) is 5.91 Å². The quantitative estimate of drug-likeness (QED) is 0.734. The van der Waals surface area contributed by atoms with Crippen molar-refractivity contribution >= 4 is 17.4 Å². The van der Waals surface area contributed by atoms with Gasteiger partial charge in [0.15, 0.2) is 11.5 Å². The van der Waals surface area contributed by atoms with Crippen molar-refractivity contribution in [3.63, 3.8) is 0 Å². The van der Waals surface area contributed by atoms with Gasteiger partial charge in [-0.05, 0) is 19.1 Å². The van der Waals surface area contributed by atoms with E-state index in [1.54, 1.807) is 6.20 Å². The van der Waals surface area contributed by atoms with Crippen LogP contribution in [0, 0.1) is 18.3 Å². The SMILES string of the molecule is Cc1cccc2nc(C(=O)Nc3nc[nH]c3C#N)cn12. The largest absolute Gasteiger partial charge is 0.335 e. The fraction of sp³-hybridized carbons (Fsp3) is 0.0769. The summed E-state index contributed by atoms with van der Waals surface area (Å²) in [5.74, 6) is -0.206. The van der Waals surface area contributed by atoms with Gasteiger partial charge in [-0.2, -0.15) is 5.26 Å². The number of carbonyl (C=O) groups is 1. The fourth-order valence-corrected chi connectivity index (χ4v) is 1.90. The normalized spacial score (nSPS) is 10.4. The van der Waals surface area contributed by atoms with Crippen molar-refractivity contribution in [2.75, 3.05) is 5.32 Å². The van der Waals surface area contributed by atoms with Crippen molar-refractivity contribution in [1.82, 2.24) is 19.4 Å². The Labute approximate surface area is 113 Å². The van der Waals surface area contributed by atoms with Crippen LogP contribution in [0.2, 0.25) is 0 Å². The molecule has 3 heterocycles. The summed E-state index contributed by atoms with van der Waals surface area (Å²) in [6.45, 7) is 1.93. The van der Waals surface area contributed by atoms with Gasteiger partial charge in [-0.15, -0.1) is 0 Å². The van der Waals surface area contributed by atoms with Crippen LogP contribution >= 0.6 is 0 Å². The minimum atomic E-state index is -0.406. The van der Waals surface area contributed by atoms with E-state index in [-0.39, 0.29) is 17.2 Å². The van der Waals surface area contributed by atoms with E-state index in [1.165, 1.54) is 6.33 Å². The molecule has 0 unspecified atom stereocenters. The predicted octanol–water partition coefficient (Wildman–Crippen LogP) is 1.49. The topological polar surface area (TPSA) is 98.9 Å². The zero-order valence-corrected chi connectivity index (χ0v) is 10.6. The Kier molecular flexibility index (Phi) is 2.69. The number of imidazole rings is 2. The lowest BCUT2D eigenvalue weighted by Crippen LogP contribution is -2.13. The highest BCUT2D eigenvalue weighted by atomic mass is 16.2. The molecule has 0 aliphatic heterocycles. The lowest BCUT2D eigenvalue weighted by Gasteiger charge is -1.98. The van der Waals surface area contributed by atoms with E-state index in [1.807, 2.05) is 35.6 Å². The standard InChI is InChI=1S/C13H10N6O/c1-8-3-2-4-11-17-10(6-19(8)11)13(20)18-12-9(5-14)15-7-16-12/h2-4,6-7H,1H3,(H,15,16)(H,18,20). The second-order valence-electron chi connectivity index (χ2n) is 4.21. The maximum absolute atomic E-state index is 12.1. The summed E-state index contributed by atoms with van der Waals surface area (Å²) in [5, 5.41) is 11.4. The molecule has 0 radical (unpaired) electrons. The highest BCUT2D eigenvalue weighted by molar-refractivity contribution is 6.03. The third kappa shape index (κ3) is 1.89. The molecule has 0 bridgehead atoms. The summed E-state index contributed by atoms with van der Waals surface area (Å²) in [6.07, 6.45) is 3.00. The smallest absolute Gasteiger partial charge is 0.277 e. The predicted molar refractivity (Wildman–Crippen MR) is 71.2 cm³/mol. The molecule has 0 aliphatic rings. The van der Waals surface area contributed by atoms with Crippen LogP contribution in [0.5, 0.6) is 0 Å². The second kappa shape index (κ2) is 4.51. The zero-order chi connectivity index (χ0) is 14.1. The van der Waals surface area contributed by atoms with Crippen LogP contribution in [0.15, 0.2) is 30.7 Å². The van der Waals surface area contributed by atoms with Crippen molar-refractivity contribution in [3.8, 4) is 6.07 Å². The molecule has 98 valence electrons. The Bertz CT molecular complexity index is 838. The molecular formula is C13H10N6O. The molecule has 0 aromatic carbocycles. The highest BCUT2D eigenvalue weighted by Gasteiger charge is 2.14. The highest BCUT2D eigenvalue weighted by Crippen LogP contribution is 2.12. The number of hydrogen-bond donors (Lipinski definition) is 2. The van der Waals surface area contributed by atoms with Gasteiger partial charge in [-0.1, -0.05) is 6.07 Å². The number of pyridine rings is 1. The van der Waals surface area contributed by atoms with Gasteiger partial charge in [0.05, 0.1) is 6.33 Å². The molecule has 0 spiro atoms. The Morgan fingerprint density at radius 2 is 2.35 bits per heavy atom. The molecule has 3 rings (SSSR count). The molecule has 0 saturated carbocycles. The van der Waals surface area contributed by atoms with Crippen molar-refractivity contribution in [3.05, 3.63) is 47.8 Å². The number of amides is 1. The minimum absolute atomic E-state index is 0.200. The van der Waals surface area contributed by atoms with Crippen molar-refractivity contribution < 1.29 is 4.79 Å². The molecule has 0 saturated heterocycles. The molecule has 1 amide bonds. The number of nitrogens with one attached hydrogen (secondary N) is 2. The van der Waals surface area contributed by atoms with Crippen LogP contribution in [0.3, 0.4) is 0 Å². The van der Waals surface area contributed by atoms with Crippen LogP contribution in [0.1, 0.15) is 21.9 Å². The van der Waals surface area contributed by atoms with Crippen molar-refractivity contribution in [2.45, 2.75) is 6.92 Å². The molecule has 2 N–H and O–H groups in total. The molecule has 20 heavy (non-hydrogen) atoms. The first-order valence-corrected chi connectivity index (χ1v) is 5.88. The molecule has 0 atom stereocenters. The number of hydrogen-bond acceptors (Lipinski definition) is 4. The third-order valence-corrected chi connectivity index (χ3v) is 2.91. The summed E-state index contributed by atoms with van der Waals surface area (Å²) in [5.41, 5.74) is 2.15. The van der Waals surface area contributed by atoms with Gasteiger partial charge in [-0.3, -0.25) is 4.79 Å². The summed E-state index contributed by atoms with van der Waals surface area (Å²) in [7, 11) is 0. The Morgan fingerprint density at radius 3 is 3.10 bits per heavy atom. The molecular weight excluding hydrogens is 256 g/mol. The zero-order valence-electron chi connectivity index (χ0n) is 10.6. The van der Waals surface area contributed by atoms with Gasteiger partial charge in [0, 0.05) is 11.9 Å². The molecule has 3 aromatic rings. The van der Waals surface area contributed by atoms with E-state index in [4.69, 9.17) is 5.26 Å². The number of carbonyl (C=O) groups excluding carboxylic acids is 1. The average molecular weight is 266 g/mol. The Morgan fingerprint density at radius 1 is 1.50 bits per heavy atom. The number of nitriles is 1. The van der Waals surface area contributed by atoms with Crippen molar-refractivity contribution in [1.29, 1.82) is 5.26 Å². The number of anilines is 1. The summed E-state index contributed by atoms with van der Waals surface area (Å²) < 4.78 is 1.82. The summed E-state index contributed by atoms with van der Waals surface area (Å²) in [6, 6.07) is 7.53. The van der Waals surface area contributed by atoms with Crippen LogP contribution in [-0.4, -0.2) is 25.3 Å². The minimum Gasteiger partial charge on any atom is -0.335 e. The van der Waals surface area contributed by atoms with Crippen LogP contribution in [0.4, 0.5) is 5.82 Å². The first-order chi connectivity index (χ1) is 9.69. The van der Waals surface area contributed by atoms with E-state index in [0.717, 1.165) is 5.69 Å². The fourth-order valence-electron chi connectivity index (χ4n) is 1.90. The van der Waals surface area contributed by atoms with E-state index in [2.05, 4.69) is 20.3 Å². The number of fused-ring (bicyclic) bond motifs is 1. The second-order valence-corrected chi connectivity index (χ2v) is 4.21. The third-order valence-electron chi connectivity index (χ3n) is 2.91. The maximum Gasteiger partial charge on any atom is 0.277 e. The molecule has 0 fully saturated rings. The summed E-state index contributed by atoms with van der Waals surface area (Å²) >= 11 is 0. The van der Waals surface area contributed by atoms with E-state index in [9.17, 15) is 4.79 Å². The van der Waals surface area contributed by atoms with Gasteiger partial charge in [-0.25, -0.2) is 9.97 Å². The number of nitrogens with zero attached hydrogens (tertiary/aromatic N) is 4. The van der Waals surface area contributed by atoms with Crippen LogP contribution in [-0.2, 0) is 0 Å². The van der Waals surface area contributed by atoms with Crippen molar-refractivity contribution in [2.24, 2.45) is 0 Å². The Balaban J connectivity index is 1.93. The van der Waals surface area contributed by atoms with Crippen LogP contribution in [0.25, 0.3) is 5.65 Å². The van der Waals surface area contributed by atoms with Gasteiger partial charge in [0.2, 0.25) is 0 Å². The monoisotopic (exact) mass is 266 g/mol. The lowest BCUT2D eigenvalue weighted by atomic mass is 10.4. The average Bonchev–Trinajstić information content (AvgIpc) is 3.05. The first kappa shape index (κ1) is 11.9. The molecule has 7 heteroatoms. The van der Waals surface area contributed by atoms with Gasteiger partial charge < -0.3 is 14.7 Å². The number of aryl methyl sites for hydroxylation is 1. The lowest BCUT2D eigenvalue weighted by molar-refractivity contribution is 0.102. The Hall–Kier alpha value is -3.14. The first-order valence-electron chi connectivity index (χ1n) is 5.88. The van der Waals surface area contributed by atoms with Gasteiger partial charge in [0.1, 0.15) is 17.4 Å². The number of rotatable bonds is 2. The van der Waals surface area contributed by atoms with E-state index >= 15 is 0 Å². The number of H-pyrrole nitrogens is 1.